The first kappa shape index (κ1) is 12.4. The SMILES string of the molecule is CCCn1nccc1C1(O)CCCc2ccccc21. The lowest BCUT2D eigenvalue weighted by Gasteiger charge is -2.35. The van der Waals surface area contributed by atoms with Gasteiger partial charge in [0.05, 0.1) is 5.69 Å². The molecule has 100 valence electrons. The van der Waals surface area contributed by atoms with E-state index in [4.69, 9.17) is 0 Å². The summed E-state index contributed by atoms with van der Waals surface area (Å²) in [6.45, 7) is 2.98. The highest BCUT2D eigenvalue weighted by Gasteiger charge is 2.38. The van der Waals surface area contributed by atoms with Crippen molar-refractivity contribution in [3.05, 3.63) is 53.3 Å². The van der Waals surface area contributed by atoms with Crippen LogP contribution in [0, 0.1) is 0 Å². The topological polar surface area (TPSA) is 38.0 Å². The summed E-state index contributed by atoms with van der Waals surface area (Å²) >= 11 is 0. The number of nitrogens with zero attached hydrogens (tertiary/aromatic N) is 2. The minimum absolute atomic E-state index is 0.777. The first-order valence-electron chi connectivity index (χ1n) is 7.09. The van der Waals surface area contributed by atoms with Crippen molar-refractivity contribution in [1.29, 1.82) is 0 Å². The van der Waals surface area contributed by atoms with Crippen molar-refractivity contribution in [3.63, 3.8) is 0 Å². The van der Waals surface area contributed by atoms with Crippen molar-refractivity contribution in [1.82, 2.24) is 9.78 Å². The van der Waals surface area contributed by atoms with Gasteiger partial charge >= 0.3 is 0 Å². The highest BCUT2D eigenvalue weighted by atomic mass is 16.3. The number of aromatic nitrogens is 2. The maximum Gasteiger partial charge on any atom is 0.131 e. The molecular formula is C16H20N2O. The van der Waals surface area contributed by atoms with E-state index < -0.39 is 5.60 Å². The standard InChI is InChI=1S/C16H20N2O/c1-2-12-18-15(9-11-17-18)16(19)10-5-7-13-6-3-4-8-14(13)16/h3-4,6,8-9,11,19H,2,5,7,10,12H2,1H3. The van der Waals surface area contributed by atoms with Gasteiger partial charge in [-0.2, -0.15) is 5.10 Å². The van der Waals surface area contributed by atoms with Crippen LogP contribution in [0.2, 0.25) is 0 Å². The molecule has 3 nitrogen and oxygen atoms in total. The number of benzene rings is 1. The van der Waals surface area contributed by atoms with Gasteiger partial charge in [0.2, 0.25) is 0 Å². The van der Waals surface area contributed by atoms with E-state index >= 15 is 0 Å². The molecule has 0 amide bonds. The summed E-state index contributed by atoms with van der Waals surface area (Å²) in [7, 11) is 0. The van der Waals surface area contributed by atoms with Gasteiger partial charge in [0.1, 0.15) is 5.60 Å². The number of rotatable bonds is 3. The molecule has 0 aliphatic heterocycles. The van der Waals surface area contributed by atoms with Gasteiger partial charge in [0.25, 0.3) is 0 Å². The van der Waals surface area contributed by atoms with E-state index in [-0.39, 0.29) is 0 Å². The van der Waals surface area contributed by atoms with Gasteiger partial charge in [-0.25, -0.2) is 0 Å². The van der Waals surface area contributed by atoms with E-state index in [9.17, 15) is 5.11 Å². The summed E-state index contributed by atoms with van der Waals surface area (Å²) in [5.41, 5.74) is 2.38. The Morgan fingerprint density at radius 1 is 1.32 bits per heavy atom. The minimum atomic E-state index is -0.874. The summed E-state index contributed by atoms with van der Waals surface area (Å²) in [5, 5.41) is 15.6. The van der Waals surface area contributed by atoms with E-state index in [0.29, 0.717) is 0 Å². The summed E-state index contributed by atoms with van der Waals surface area (Å²) < 4.78 is 1.95. The molecule has 1 aliphatic rings. The smallest absolute Gasteiger partial charge is 0.131 e. The summed E-state index contributed by atoms with van der Waals surface area (Å²) in [6.07, 6.45) is 5.66. The molecule has 1 aliphatic carbocycles. The molecular weight excluding hydrogens is 236 g/mol. The first-order chi connectivity index (χ1) is 9.25. The van der Waals surface area contributed by atoms with E-state index in [1.54, 1.807) is 6.20 Å². The predicted molar refractivity (Wildman–Crippen MR) is 74.9 cm³/mol. The van der Waals surface area contributed by atoms with Crippen LogP contribution >= 0.6 is 0 Å². The van der Waals surface area contributed by atoms with Crippen LogP contribution in [0.3, 0.4) is 0 Å². The fraction of sp³-hybridized carbons (Fsp3) is 0.438. The molecule has 3 heteroatoms. The number of aliphatic hydroxyl groups is 1. The molecule has 0 spiro atoms. The lowest BCUT2D eigenvalue weighted by molar-refractivity contribution is 0.0520. The molecule has 0 saturated heterocycles. The van der Waals surface area contributed by atoms with E-state index in [0.717, 1.165) is 43.5 Å². The molecule has 0 bridgehead atoms. The second kappa shape index (κ2) is 4.82. The molecule has 1 heterocycles. The van der Waals surface area contributed by atoms with Crippen molar-refractivity contribution in [2.75, 3.05) is 0 Å². The highest BCUT2D eigenvalue weighted by Crippen LogP contribution is 2.40. The van der Waals surface area contributed by atoms with Crippen molar-refractivity contribution >= 4 is 0 Å². The lowest BCUT2D eigenvalue weighted by atomic mass is 9.77. The highest BCUT2D eigenvalue weighted by molar-refractivity contribution is 5.40. The van der Waals surface area contributed by atoms with Gasteiger partial charge < -0.3 is 5.11 Å². The molecule has 2 aromatic rings. The molecule has 0 saturated carbocycles. The quantitative estimate of drug-likeness (QED) is 0.917. The second-order valence-electron chi connectivity index (χ2n) is 5.31. The van der Waals surface area contributed by atoms with E-state index in [2.05, 4.69) is 24.2 Å². The largest absolute Gasteiger partial charge is 0.379 e. The van der Waals surface area contributed by atoms with Crippen LogP contribution in [0.1, 0.15) is 43.0 Å². The Bertz CT molecular complexity index is 576. The van der Waals surface area contributed by atoms with Crippen molar-refractivity contribution < 1.29 is 5.11 Å². The Balaban J connectivity index is 2.11. The molecule has 1 unspecified atom stereocenters. The Morgan fingerprint density at radius 3 is 3.00 bits per heavy atom. The molecule has 0 fully saturated rings. The van der Waals surface area contributed by atoms with Gasteiger partial charge in [-0.15, -0.1) is 0 Å². The number of hydrogen-bond donors (Lipinski definition) is 1. The molecule has 1 atom stereocenters. The lowest BCUT2D eigenvalue weighted by Crippen LogP contribution is -2.34. The van der Waals surface area contributed by atoms with Gasteiger partial charge in [-0.3, -0.25) is 4.68 Å². The van der Waals surface area contributed by atoms with Gasteiger partial charge in [0.15, 0.2) is 0 Å². The zero-order valence-corrected chi connectivity index (χ0v) is 11.3. The fourth-order valence-corrected chi connectivity index (χ4v) is 3.15. The van der Waals surface area contributed by atoms with Crippen LogP contribution in [-0.2, 0) is 18.6 Å². The van der Waals surface area contributed by atoms with Gasteiger partial charge in [-0.1, -0.05) is 31.2 Å². The summed E-state index contributed by atoms with van der Waals surface area (Å²) in [4.78, 5) is 0. The molecule has 0 radical (unpaired) electrons. The average Bonchev–Trinajstić information content (AvgIpc) is 2.89. The summed E-state index contributed by atoms with van der Waals surface area (Å²) in [5.74, 6) is 0. The molecule has 3 rings (SSSR count). The van der Waals surface area contributed by atoms with Gasteiger partial charge in [0, 0.05) is 12.7 Å². The summed E-state index contributed by atoms with van der Waals surface area (Å²) in [6, 6.07) is 10.2. The number of aryl methyl sites for hydroxylation is 2. The zero-order valence-electron chi connectivity index (χ0n) is 11.3. The molecule has 19 heavy (non-hydrogen) atoms. The second-order valence-corrected chi connectivity index (χ2v) is 5.31. The Hall–Kier alpha value is -1.61. The molecule has 1 aromatic heterocycles. The van der Waals surface area contributed by atoms with Gasteiger partial charge in [-0.05, 0) is 42.9 Å². The molecule has 1 N–H and O–H groups in total. The van der Waals surface area contributed by atoms with Crippen LogP contribution in [-0.4, -0.2) is 14.9 Å². The van der Waals surface area contributed by atoms with Crippen LogP contribution in [0.5, 0.6) is 0 Å². The fourth-order valence-electron chi connectivity index (χ4n) is 3.15. The average molecular weight is 256 g/mol. The number of hydrogen-bond acceptors (Lipinski definition) is 2. The maximum absolute atomic E-state index is 11.2. The normalized spacial score (nSPS) is 22.2. The zero-order chi connectivity index (χ0) is 13.3. The van der Waals surface area contributed by atoms with Crippen LogP contribution in [0.4, 0.5) is 0 Å². The van der Waals surface area contributed by atoms with Crippen molar-refractivity contribution in [2.45, 2.75) is 44.8 Å². The van der Waals surface area contributed by atoms with Crippen molar-refractivity contribution in [3.8, 4) is 0 Å². The third-order valence-electron chi connectivity index (χ3n) is 4.02. The van der Waals surface area contributed by atoms with E-state index in [1.807, 2.05) is 22.9 Å². The van der Waals surface area contributed by atoms with Crippen LogP contribution < -0.4 is 0 Å². The third kappa shape index (κ3) is 1.98. The Labute approximate surface area is 113 Å². The molecule has 1 aromatic carbocycles. The monoisotopic (exact) mass is 256 g/mol. The first-order valence-corrected chi connectivity index (χ1v) is 7.09. The number of fused-ring (bicyclic) bond motifs is 1. The van der Waals surface area contributed by atoms with Crippen LogP contribution in [0.25, 0.3) is 0 Å². The third-order valence-corrected chi connectivity index (χ3v) is 4.02. The Morgan fingerprint density at radius 2 is 2.16 bits per heavy atom. The predicted octanol–water partition coefficient (Wildman–Crippen LogP) is 2.87. The maximum atomic E-state index is 11.2. The van der Waals surface area contributed by atoms with Crippen molar-refractivity contribution in [2.24, 2.45) is 0 Å². The van der Waals surface area contributed by atoms with E-state index in [1.165, 1.54) is 5.56 Å². The Kier molecular flexibility index (Phi) is 3.15. The van der Waals surface area contributed by atoms with Crippen LogP contribution in [0.15, 0.2) is 36.5 Å². The minimum Gasteiger partial charge on any atom is -0.379 e.